The summed E-state index contributed by atoms with van der Waals surface area (Å²) >= 11 is 0. The molecule has 8 nitrogen and oxygen atoms in total. The fourth-order valence-corrected chi connectivity index (χ4v) is 1.22. The van der Waals surface area contributed by atoms with Crippen LogP contribution in [0.1, 0.15) is 24.5 Å². The Morgan fingerprint density at radius 3 is 2.65 bits per heavy atom. The van der Waals surface area contributed by atoms with Crippen molar-refractivity contribution in [1.29, 1.82) is 0 Å². The average molecular weight is 245 g/mol. The molecule has 17 heavy (non-hydrogen) atoms. The van der Waals surface area contributed by atoms with Crippen molar-refractivity contribution in [3.63, 3.8) is 0 Å². The van der Waals surface area contributed by atoms with Crippen LogP contribution in [0.25, 0.3) is 0 Å². The van der Waals surface area contributed by atoms with Crippen LogP contribution in [-0.4, -0.2) is 60.1 Å². The number of rotatable bonds is 5. The predicted octanol–water partition coefficient (Wildman–Crippen LogP) is -1.64. The summed E-state index contributed by atoms with van der Waals surface area (Å²) in [6.07, 6.45) is -3.18. The number of hydrogen-bond donors (Lipinski definition) is 6. The van der Waals surface area contributed by atoms with Crippen molar-refractivity contribution in [2.45, 2.75) is 25.2 Å². The van der Waals surface area contributed by atoms with E-state index < -0.39 is 24.9 Å². The van der Waals surface area contributed by atoms with Gasteiger partial charge in [-0.1, -0.05) is 5.16 Å². The summed E-state index contributed by atoms with van der Waals surface area (Å²) in [6.45, 7) is 0.824. The molecule has 1 aromatic rings. The molecule has 0 spiro atoms. The first-order valence-electron chi connectivity index (χ1n) is 4.90. The number of aromatic amines is 1. The van der Waals surface area contributed by atoms with E-state index in [1.54, 1.807) is 0 Å². The number of H-pyrrole nitrogens is 1. The Morgan fingerprint density at radius 1 is 1.47 bits per heavy atom. The third-order valence-corrected chi connectivity index (χ3v) is 2.31. The molecule has 6 N–H and O–H groups in total. The third kappa shape index (κ3) is 3.01. The number of aliphatic hydroxyl groups is 4. The highest BCUT2D eigenvalue weighted by Gasteiger charge is 2.27. The minimum absolute atomic E-state index is 0.142. The van der Waals surface area contributed by atoms with Crippen LogP contribution in [0.15, 0.2) is 11.4 Å². The maximum atomic E-state index is 9.66. The van der Waals surface area contributed by atoms with Crippen molar-refractivity contribution in [3.8, 4) is 0 Å². The van der Waals surface area contributed by atoms with Crippen LogP contribution in [0.2, 0.25) is 0 Å². The Balaban J connectivity index is 2.83. The van der Waals surface area contributed by atoms with Gasteiger partial charge in [0.15, 0.2) is 5.82 Å². The summed E-state index contributed by atoms with van der Waals surface area (Å²) in [6, 6.07) is 0. The van der Waals surface area contributed by atoms with E-state index in [0.717, 1.165) is 0 Å². The standard InChI is InChI=1S/C9H15N3O5/c1-4(12-17)9-10-2-5(11-9)7(15)8(16)6(14)3-13/h2,6-8,13-17H,3H2,1H3,(H,10,11)/b12-4+/t6-,7-,8+/m1/s1. The van der Waals surface area contributed by atoms with Crippen LogP contribution >= 0.6 is 0 Å². The Hall–Kier alpha value is -1.48. The van der Waals surface area contributed by atoms with Gasteiger partial charge in [0.1, 0.15) is 24.0 Å². The summed E-state index contributed by atoms with van der Waals surface area (Å²) in [5.41, 5.74) is 0.351. The predicted molar refractivity (Wildman–Crippen MR) is 56.6 cm³/mol. The molecule has 1 heterocycles. The molecule has 0 amide bonds. The van der Waals surface area contributed by atoms with E-state index in [4.69, 9.17) is 15.4 Å². The number of aliphatic hydroxyl groups excluding tert-OH is 4. The van der Waals surface area contributed by atoms with Gasteiger partial charge in [-0.25, -0.2) is 4.98 Å². The van der Waals surface area contributed by atoms with Crippen LogP contribution < -0.4 is 0 Å². The number of nitrogens with zero attached hydrogens (tertiary/aromatic N) is 2. The Bertz CT molecular complexity index is 392. The second-order valence-electron chi connectivity index (χ2n) is 3.56. The highest BCUT2D eigenvalue weighted by molar-refractivity contribution is 5.94. The molecule has 0 radical (unpaired) electrons. The largest absolute Gasteiger partial charge is 0.411 e. The van der Waals surface area contributed by atoms with Gasteiger partial charge in [0.05, 0.1) is 18.5 Å². The molecule has 0 unspecified atom stereocenters. The Kier molecular flexibility index (Phi) is 4.58. The molecule has 0 aliphatic heterocycles. The topological polar surface area (TPSA) is 142 Å². The van der Waals surface area contributed by atoms with Crippen LogP contribution in [-0.2, 0) is 0 Å². The van der Waals surface area contributed by atoms with Gasteiger partial charge < -0.3 is 30.6 Å². The first-order chi connectivity index (χ1) is 8.01. The zero-order valence-electron chi connectivity index (χ0n) is 9.15. The molecular weight excluding hydrogens is 230 g/mol. The van der Waals surface area contributed by atoms with Gasteiger partial charge in [-0.2, -0.15) is 0 Å². The second-order valence-corrected chi connectivity index (χ2v) is 3.56. The minimum Gasteiger partial charge on any atom is -0.411 e. The molecule has 0 bridgehead atoms. The minimum atomic E-state index is -1.54. The lowest BCUT2D eigenvalue weighted by Crippen LogP contribution is -2.34. The molecule has 0 saturated heterocycles. The molecule has 3 atom stereocenters. The summed E-state index contributed by atoms with van der Waals surface area (Å²) in [7, 11) is 0. The van der Waals surface area contributed by atoms with Crippen LogP contribution in [0.5, 0.6) is 0 Å². The number of hydrogen-bond acceptors (Lipinski definition) is 7. The molecule has 96 valence electrons. The lowest BCUT2D eigenvalue weighted by molar-refractivity contribution is -0.0788. The fraction of sp³-hybridized carbons (Fsp3) is 0.556. The number of aromatic nitrogens is 2. The highest BCUT2D eigenvalue weighted by atomic mass is 16.4. The average Bonchev–Trinajstić information content (AvgIpc) is 2.84. The third-order valence-electron chi connectivity index (χ3n) is 2.31. The van der Waals surface area contributed by atoms with Gasteiger partial charge in [-0.15, -0.1) is 0 Å². The van der Waals surface area contributed by atoms with E-state index in [9.17, 15) is 10.2 Å². The van der Waals surface area contributed by atoms with Crippen molar-refractivity contribution < 1.29 is 25.6 Å². The van der Waals surface area contributed by atoms with E-state index >= 15 is 0 Å². The second kappa shape index (κ2) is 5.73. The maximum absolute atomic E-state index is 9.66. The summed E-state index contributed by atoms with van der Waals surface area (Å²) < 4.78 is 0. The monoisotopic (exact) mass is 245 g/mol. The fourth-order valence-electron chi connectivity index (χ4n) is 1.22. The molecule has 0 aliphatic carbocycles. The van der Waals surface area contributed by atoms with Gasteiger partial charge >= 0.3 is 0 Å². The molecule has 0 aromatic carbocycles. The molecule has 0 aliphatic rings. The molecule has 8 heteroatoms. The lowest BCUT2D eigenvalue weighted by Gasteiger charge is -2.20. The van der Waals surface area contributed by atoms with E-state index in [0.29, 0.717) is 0 Å². The van der Waals surface area contributed by atoms with Crippen LogP contribution in [0.4, 0.5) is 0 Å². The summed E-state index contributed by atoms with van der Waals surface area (Å²) in [5.74, 6) is 0.229. The normalized spacial score (nSPS) is 17.8. The molecule has 1 aromatic heterocycles. The molecule has 0 saturated carbocycles. The smallest absolute Gasteiger partial charge is 0.155 e. The lowest BCUT2D eigenvalue weighted by atomic mass is 10.1. The van der Waals surface area contributed by atoms with Crippen LogP contribution in [0, 0.1) is 0 Å². The summed E-state index contributed by atoms with van der Waals surface area (Å²) in [4.78, 5) is 6.43. The molecular formula is C9H15N3O5. The van der Waals surface area contributed by atoms with Crippen LogP contribution in [0.3, 0.4) is 0 Å². The van der Waals surface area contributed by atoms with Gasteiger partial charge in [0, 0.05) is 0 Å². The van der Waals surface area contributed by atoms with Gasteiger partial charge in [0.25, 0.3) is 0 Å². The van der Waals surface area contributed by atoms with E-state index in [1.165, 1.54) is 13.1 Å². The SMILES string of the molecule is C/C(=N\O)c1ncc([C@@H](O)[C@@H](O)[C@H](O)CO)[nH]1. The van der Waals surface area contributed by atoms with E-state index in [-0.39, 0.29) is 17.2 Å². The maximum Gasteiger partial charge on any atom is 0.155 e. The zero-order valence-corrected chi connectivity index (χ0v) is 9.15. The quantitative estimate of drug-likeness (QED) is 0.208. The van der Waals surface area contributed by atoms with Crippen molar-refractivity contribution in [2.24, 2.45) is 5.16 Å². The highest BCUT2D eigenvalue weighted by Crippen LogP contribution is 2.17. The van der Waals surface area contributed by atoms with Crippen molar-refractivity contribution in [3.05, 3.63) is 17.7 Å². The van der Waals surface area contributed by atoms with Gasteiger partial charge in [-0.05, 0) is 6.92 Å². The van der Waals surface area contributed by atoms with Gasteiger partial charge in [0.2, 0.25) is 0 Å². The summed E-state index contributed by atoms with van der Waals surface area (Å²) in [5, 5.41) is 48.3. The van der Waals surface area contributed by atoms with Crippen molar-refractivity contribution >= 4 is 5.71 Å². The number of oxime groups is 1. The van der Waals surface area contributed by atoms with Crippen molar-refractivity contribution in [2.75, 3.05) is 6.61 Å². The molecule has 1 rings (SSSR count). The van der Waals surface area contributed by atoms with Gasteiger partial charge in [-0.3, -0.25) is 0 Å². The van der Waals surface area contributed by atoms with E-state index in [2.05, 4.69) is 15.1 Å². The van der Waals surface area contributed by atoms with E-state index in [1.807, 2.05) is 0 Å². The molecule has 0 fully saturated rings. The number of nitrogens with one attached hydrogen (secondary N) is 1. The Morgan fingerprint density at radius 2 is 2.12 bits per heavy atom. The first-order valence-corrected chi connectivity index (χ1v) is 4.90. The first kappa shape index (κ1) is 13.6. The Labute approximate surface area is 96.9 Å². The van der Waals surface area contributed by atoms with Crippen molar-refractivity contribution in [1.82, 2.24) is 9.97 Å². The zero-order chi connectivity index (χ0) is 13.0. The number of imidazole rings is 1.